The molecule has 0 saturated carbocycles. The van der Waals surface area contributed by atoms with Gasteiger partial charge in [-0.1, -0.05) is 30.3 Å². The molecule has 24 heavy (non-hydrogen) atoms. The number of aromatic nitrogens is 4. The summed E-state index contributed by atoms with van der Waals surface area (Å²) in [6.07, 6.45) is -3.83. The summed E-state index contributed by atoms with van der Waals surface area (Å²) in [5.74, 6) is -2.04. The van der Waals surface area contributed by atoms with Crippen LogP contribution in [0.25, 0.3) is 11.4 Å². The number of carboxylic acids is 1. The molecule has 0 spiro atoms. The molecule has 0 aliphatic rings. The summed E-state index contributed by atoms with van der Waals surface area (Å²) in [4.78, 5) is 24.0. The highest BCUT2D eigenvalue weighted by Crippen LogP contribution is 2.14. The molecular formula is C14H15F2N5O3. The van der Waals surface area contributed by atoms with Crippen molar-refractivity contribution in [2.45, 2.75) is 31.9 Å². The Hall–Kier alpha value is -2.91. The number of amides is 1. The lowest BCUT2D eigenvalue weighted by molar-refractivity contribution is -0.143. The van der Waals surface area contributed by atoms with Crippen LogP contribution in [0, 0.1) is 0 Å². The molecule has 0 radical (unpaired) electrons. The lowest BCUT2D eigenvalue weighted by atomic mass is 10.2. The molecule has 1 amide bonds. The van der Waals surface area contributed by atoms with Crippen LogP contribution in [0.5, 0.6) is 0 Å². The van der Waals surface area contributed by atoms with Gasteiger partial charge in [-0.25, -0.2) is 13.6 Å². The molecule has 10 heteroatoms. The van der Waals surface area contributed by atoms with Gasteiger partial charge in [-0.05, 0) is 12.1 Å². The van der Waals surface area contributed by atoms with Crippen molar-refractivity contribution in [1.82, 2.24) is 25.5 Å². The van der Waals surface area contributed by atoms with Gasteiger partial charge in [0.1, 0.15) is 12.1 Å². The van der Waals surface area contributed by atoms with E-state index in [0.29, 0.717) is 5.56 Å². The van der Waals surface area contributed by atoms with Crippen molar-refractivity contribution >= 4 is 11.9 Å². The lowest BCUT2D eigenvalue weighted by Gasteiger charge is -2.16. The first-order chi connectivity index (χ1) is 11.4. The van der Waals surface area contributed by atoms with Crippen LogP contribution in [0.3, 0.4) is 0 Å². The van der Waals surface area contributed by atoms with Crippen molar-refractivity contribution in [3.05, 3.63) is 30.3 Å². The Morgan fingerprint density at radius 3 is 2.54 bits per heavy atom. The summed E-state index contributed by atoms with van der Waals surface area (Å²) in [6.45, 7) is 1.41. The Kier molecular flexibility index (Phi) is 5.51. The van der Waals surface area contributed by atoms with Gasteiger partial charge < -0.3 is 10.4 Å². The van der Waals surface area contributed by atoms with Crippen molar-refractivity contribution in [2.75, 3.05) is 0 Å². The second kappa shape index (κ2) is 7.57. The second-order valence-electron chi connectivity index (χ2n) is 5.00. The number of aliphatic carboxylic acids is 1. The first-order valence-electron chi connectivity index (χ1n) is 7.04. The Morgan fingerprint density at radius 2 is 1.96 bits per heavy atom. The highest BCUT2D eigenvalue weighted by Gasteiger charge is 2.27. The van der Waals surface area contributed by atoms with Crippen LogP contribution < -0.4 is 5.32 Å². The smallest absolute Gasteiger partial charge is 0.326 e. The third-order valence-corrected chi connectivity index (χ3v) is 3.21. The first-order valence-corrected chi connectivity index (χ1v) is 7.04. The number of hydrogen-bond donors (Lipinski definition) is 2. The van der Waals surface area contributed by atoms with Crippen LogP contribution in [0.1, 0.15) is 19.4 Å². The predicted molar refractivity (Wildman–Crippen MR) is 78.2 cm³/mol. The van der Waals surface area contributed by atoms with Gasteiger partial charge in [0.05, 0.1) is 0 Å². The zero-order valence-electron chi connectivity index (χ0n) is 12.6. The monoisotopic (exact) mass is 339 g/mol. The van der Waals surface area contributed by atoms with Crippen LogP contribution in [-0.2, 0) is 9.59 Å². The molecule has 128 valence electrons. The van der Waals surface area contributed by atoms with Gasteiger partial charge in [0.2, 0.25) is 18.2 Å². The van der Waals surface area contributed by atoms with Crippen molar-refractivity contribution in [3.63, 3.8) is 0 Å². The van der Waals surface area contributed by atoms with E-state index in [1.165, 1.54) is 6.92 Å². The third kappa shape index (κ3) is 4.31. The zero-order valence-corrected chi connectivity index (χ0v) is 12.6. The van der Waals surface area contributed by atoms with Crippen LogP contribution in [0.15, 0.2) is 30.3 Å². The molecule has 0 bridgehead atoms. The molecule has 2 aromatic rings. The quantitative estimate of drug-likeness (QED) is 0.782. The topological polar surface area (TPSA) is 110 Å². The predicted octanol–water partition coefficient (Wildman–Crippen LogP) is 1.13. The number of nitrogens with zero attached hydrogens (tertiary/aromatic N) is 4. The molecule has 0 aliphatic carbocycles. The minimum atomic E-state index is -2.85. The number of tetrazole rings is 1. The summed E-state index contributed by atoms with van der Waals surface area (Å²) in [5, 5.41) is 22.5. The molecule has 8 nitrogen and oxygen atoms in total. The summed E-state index contributed by atoms with van der Waals surface area (Å²) >= 11 is 0. The van der Waals surface area contributed by atoms with Gasteiger partial charge in [0, 0.05) is 12.0 Å². The Morgan fingerprint density at radius 1 is 1.29 bits per heavy atom. The summed E-state index contributed by atoms with van der Waals surface area (Å²) in [5.41, 5.74) is 0.692. The van der Waals surface area contributed by atoms with Gasteiger partial charge in [-0.15, -0.1) is 10.2 Å². The van der Waals surface area contributed by atoms with Crippen LogP contribution in [-0.4, -0.2) is 49.7 Å². The van der Waals surface area contributed by atoms with E-state index in [1.54, 1.807) is 24.3 Å². The summed E-state index contributed by atoms with van der Waals surface area (Å²) < 4.78 is 24.7. The third-order valence-electron chi connectivity index (χ3n) is 3.21. The van der Waals surface area contributed by atoms with E-state index in [1.807, 2.05) is 11.4 Å². The fourth-order valence-corrected chi connectivity index (χ4v) is 1.89. The number of halogens is 2. The van der Waals surface area contributed by atoms with E-state index in [-0.39, 0.29) is 5.82 Å². The van der Waals surface area contributed by atoms with Crippen molar-refractivity contribution in [3.8, 4) is 11.4 Å². The fraction of sp³-hybridized carbons (Fsp3) is 0.357. The summed E-state index contributed by atoms with van der Waals surface area (Å²) in [7, 11) is 0. The van der Waals surface area contributed by atoms with Crippen LogP contribution in [0.2, 0.25) is 0 Å². The molecule has 0 aliphatic heterocycles. The number of carbonyl (C=O) groups excluding carboxylic acids is 1. The molecule has 2 atom stereocenters. The number of alkyl halides is 2. The molecule has 1 aromatic carbocycles. The van der Waals surface area contributed by atoms with Crippen molar-refractivity contribution in [1.29, 1.82) is 0 Å². The Labute approximate surface area is 135 Å². The lowest BCUT2D eigenvalue weighted by Crippen LogP contribution is -2.44. The maximum Gasteiger partial charge on any atom is 0.326 e. The number of benzene rings is 1. The van der Waals surface area contributed by atoms with Gasteiger partial charge in [-0.2, -0.15) is 4.80 Å². The molecule has 1 aromatic heterocycles. The molecule has 2 rings (SSSR count). The zero-order chi connectivity index (χ0) is 17.7. The Bertz CT molecular complexity index is 707. The molecule has 2 unspecified atom stereocenters. The maximum atomic E-state index is 12.4. The van der Waals surface area contributed by atoms with Gasteiger partial charge >= 0.3 is 5.97 Å². The molecule has 2 N–H and O–H groups in total. The van der Waals surface area contributed by atoms with Crippen molar-refractivity contribution in [2.24, 2.45) is 0 Å². The number of nitrogens with one attached hydrogen (secondary N) is 1. The van der Waals surface area contributed by atoms with Gasteiger partial charge in [0.25, 0.3) is 0 Å². The minimum absolute atomic E-state index is 0.289. The van der Waals surface area contributed by atoms with E-state index in [4.69, 9.17) is 5.11 Å². The SMILES string of the molecule is CC(C(=O)NC(CC(F)F)C(=O)O)n1nnc(-c2ccccc2)n1. The highest BCUT2D eigenvalue weighted by molar-refractivity contribution is 5.85. The standard InChI is InChI=1S/C14H15F2N5O3/c1-8(13(22)17-10(14(23)24)7-11(15)16)21-19-12(18-20-21)9-5-3-2-4-6-9/h2-6,8,10-11H,7H2,1H3,(H,17,22)(H,23,24). The molecule has 0 saturated heterocycles. The Balaban J connectivity index is 2.08. The van der Waals surface area contributed by atoms with Crippen molar-refractivity contribution < 1.29 is 23.5 Å². The largest absolute Gasteiger partial charge is 0.480 e. The maximum absolute atomic E-state index is 12.4. The first kappa shape index (κ1) is 17.4. The van der Waals surface area contributed by atoms with E-state index in [0.717, 1.165) is 4.80 Å². The normalized spacial score (nSPS) is 13.5. The van der Waals surface area contributed by atoms with Gasteiger partial charge in [-0.3, -0.25) is 4.79 Å². The van der Waals surface area contributed by atoms with Gasteiger partial charge in [0.15, 0.2) is 0 Å². The van der Waals surface area contributed by atoms with E-state index >= 15 is 0 Å². The number of carboxylic acid groups (broad SMARTS) is 1. The number of rotatable bonds is 7. The number of carbonyl (C=O) groups is 2. The summed E-state index contributed by atoms with van der Waals surface area (Å²) in [6, 6.07) is 6.22. The van der Waals surface area contributed by atoms with E-state index < -0.39 is 36.8 Å². The molecule has 0 fully saturated rings. The molecule has 1 heterocycles. The number of hydrogen-bond acceptors (Lipinski definition) is 5. The average molecular weight is 339 g/mol. The highest BCUT2D eigenvalue weighted by atomic mass is 19.3. The van der Waals surface area contributed by atoms with E-state index in [2.05, 4.69) is 15.4 Å². The average Bonchev–Trinajstić information content (AvgIpc) is 3.03. The second-order valence-corrected chi connectivity index (χ2v) is 5.00. The minimum Gasteiger partial charge on any atom is -0.480 e. The fourth-order valence-electron chi connectivity index (χ4n) is 1.89. The van der Waals surface area contributed by atoms with E-state index in [9.17, 15) is 18.4 Å². The van der Waals surface area contributed by atoms with Crippen LogP contribution in [0.4, 0.5) is 8.78 Å². The molecular weight excluding hydrogens is 324 g/mol. The van der Waals surface area contributed by atoms with Crippen LogP contribution >= 0.6 is 0 Å².